The third kappa shape index (κ3) is 4.90. The van der Waals surface area contributed by atoms with Crippen molar-refractivity contribution < 1.29 is 4.79 Å². The second-order valence-corrected chi connectivity index (χ2v) is 5.97. The number of aryl methyl sites for hydroxylation is 2. The number of hydrogen-bond acceptors (Lipinski definition) is 2. The molecule has 2 aromatic rings. The summed E-state index contributed by atoms with van der Waals surface area (Å²) in [6.45, 7) is 4.65. The van der Waals surface area contributed by atoms with Crippen molar-refractivity contribution >= 4 is 33.2 Å². The van der Waals surface area contributed by atoms with Crippen LogP contribution in [0, 0.1) is 13.8 Å². The van der Waals surface area contributed by atoms with Crippen LogP contribution in [0.5, 0.6) is 0 Å². The van der Waals surface area contributed by atoms with Crippen molar-refractivity contribution in [1.29, 1.82) is 0 Å². The lowest BCUT2D eigenvalue weighted by atomic mass is 10.1. The summed E-state index contributed by atoms with van der Waals surface area (Å²) in [4.78, 5) is 11.9. The minimum Gasteiger partial charge on any atom is -0.385 e. The van der Waals surface area contributed by atoms with Crippen molar-refractivity contribution in [3.8, 4) is 0 Å². The maximum absolute atomic E-state index is 11.9. The number of amides is 1. The zero-order chi connectivity index (χ0) is 15.2. The molecule has 0 aliphatic rings. The molecule has 0 atom stereocenters. The normalized spacial score (nSPS) is 10.2. The van der Waals surface area contributed by atoms with E-state index in [1.807, 2.05) is 50.2 Å². The highest BCUT2D eigenvalue weighted by atomic mass is 79.9. The SMILES string of the molecule is Cc1ccc(NC(=O)CCNc2ccc(Br)cc2)c(C)c1. The highest BCUT2D eigenvalue weighted by molar-refractivity contribution is 9.10. The molecule has 0 aliphatic carbocycles. The van der Waals surface area contributed by atoms with Gasteiger partial charge in [-0.1, -0.05) is 33.6 Å². The van der Waals surface area contributed by atoms with Gasteiger partial charge < -0.3 is 10.6 Å². The Kier molecular flexibility index (Phi) is 5.39. The molecule has 0 saturated heterocycles. The molecule has 3 nitrogen and oxygen atoms in total. The number of rotatable bonds is 5. The van der Waals surface area contributed by atoms with Crippen LogP contribution in [0.15, 0.2) is 46.9 Å². The van der Waals surface area contributed by atoms with Crippen molar-refractivity contribution in [3.63, 3.8) is 0 Å². The Hall–Kier alpha value is -1.81. The fourth-order valence-electron chi connectivity index (χ4n) is 2.05. The molecule has 0 heterocycles. The van der Waals surface area contributed by atoms with Crippen LogP contribution < -0.4 is 10.6 Å². The molecule has 0 aromatic heterocycles. The number of nitrogens with one attached hydrogen (secondary N) is 2. The number of carbonyl (C=O) groups excluding carboxylic acids is 1. The maximum Gasteiger partial charge on any atom is 0.226 e. The van der Waals surface area contributed by atoms with Gasteiger partial charge in [-0.25, -0.2) is 0 Å². The smallest absolute Gasteiger partial charge is 0.226 e. The van der Waals surface area contributed by atoms with Crippen molar-refractivity contribution in [3.05, 3.63) is 58.1 Å². The van der Waals surface area contributed by atoms with E-state index in [2.05, 4.69) is 32.6 Å². The quantitative estimate of drug-likeness (QED) is 0.836. The average Bonchev–Trinajstić information content (AvgIpc) is 2.44. The van der Waals surface area contributed by atoms with Gasteiger partial charge in [-0.15, -0.1) is 0 Å². The lowest BCUT2D eigenvalue weighted by Crippen LogP contribution is -2.16. The molecule has 2 N–H and O–H groups in total. The van der Waals surface area contributed by atoms with Crippen LogP contribution in [0.3, 0.4) is 0 Å². The van der Waals surface area contributed by atoms with Gasteiger partial charge in [0.25, 0.3) is 0 Å². The molecule has 0 fully saturated rings. The molecule has 2 aromatic carbocycles. The highest BCUT2D eigenvalue weighted by Gasteiger charge is 2.04. The van der Waals surface area contributed by atoms with Crippen LogP contribution in [0.1, 0.15) is 17.5 Å². The van der Waals surface area contributed by atoms with Crippen LogP contribution >= 0.6 is 15.9 Å². The van der Waals surface area contributed by atoms with Crippen molar-refractivity contribution in [2.75, 3.05) is 17.2 Å². The number of hydrogen-bond donors (Lipinski definition) is 2. The zero-order valence-electron chi connectivity index (χ0n) is 12.2. The predicted molar refractivity (Wildman–Crippen MR) is 91.8 cm³/mol. The minimum atomic E-state index is 0.0200. The highest BCUT2D eigenvalue weighted by Crippen LogP contribution is 2.16. The third-order valence-corrected chi connectivity index (χ3v) is 3.71. The van der Waals surface area contributed by atoms with E-state index in [1.54, 1.807) is 0 Å². The zero-order valence-corrected chi connectivity index (χ0v) is 13.8. The van der Waals surface area contributed by atoms with Gasteiger partial charge >= 0.3 is 0 Å². The van der Waals surface area contributed by atoms with Gasteiger partial charge in [0.05, 0.1) is 0 Å². The van der Waals surface area contributed by atoms with E-state index in [0.717, 1.165) is 21.4 Å². The van der Waals surface area contributed by atoms with Crippen LogP contribution in [0.4, 0.5) is 11.4 Å². The minimum absolute atomic E-state index is 0.0200. The van der Waals surface area contributed by atoms with Crippen LogP contribution in [0.2, 0.25) is 0 Å². The fraction of sp³-hybridized carbons (Fsp3) is 0.235. The van der Waals surface area contributed by atoms with Crippen LogP contribution in [0.25, 0.3) is 0 Å². The van der Waals surface area contributed by atoms with Crippen LogP contribution in [-0.2, 0) is 4.79 Å². The lowest BCUT2D eigenvalue weighted by Gasteiger charge is -2.10. The number of halogens is 1. The fourth-order valence-corrected chi connectivity index (χ4v) is 2.32. The number of benzene rings is 2. The maximum atomic E-state index is 11.9. The monoisotopic (exact) mass is 346 g/mol. The first kappa shape index (κ1) is 15.6. The first-order valence-electron chi connectivity index (χ1n) is 6.91. The summed E-state index contributed by atoms with van der Waals surface area (Å²) in [5.41, 5.74) is 4.18. The average molecular weight is 347 g/mol. The Morgan fingerprint density at radius 3 is 2.48 bits per heavy atom. The molecular formula is C17H19BrN2O. The van der Waals surface area contributed by atoms with Crippen molar-refractivity contribution in [1.82, 2.24) is 0 Å². The van der Waals surface area contributed by atoms with Gasteiger partial charge in [-0.2, -0.15) is 0 Å². The number of anilines is 2. The standard InChI is InChI=1S/C17H19BrN2O/c1-12-3-8-16(13(2)11-12)20-17(21)9-10-19-15-6-4-14(18)5-7-15/h3-8,11,19H,9-10H2,1-2H3,(H,20,21). The summed E-state index contributed by atoms with van der Waals surface area (Å²) in [7, 11) is 0. The van der Waals surface area contributed by atoms with E-state index in [4.69, 9.17) is 0 Å². The molecule has 0 radical (unpaired) electrons. The summed E-state index contributed by atoms with van der Waals surface area (Å²) >= 11 is 3.39. The summed E-state index contributed by atoms with van der Waals surface area (Å²) in [5.74, 6) is 0.0200. The lowest BCUT2D eigenvalue weighted by molar-refractivity contribution is -0.115. The molecule has 0 spiro atoms. The molecule has 0 aliphatic heterocycles. The number of carbonyl (C=O) groups is 1. The predicted octanol–water partition coefficient (Wildman–Crippen LogP) is 4.51. The Labute approximate surface area is 133 Å². The Morgan fingerprint density at radius 2 is 1.81 bits per heavy atom. The van der Waals surface area contributed by atoms with Crippen molar-refractivity contribution in [2.45, 2.75) is 20.3 Å². The third-order valence-electron chi connectivity index (χ3n) is 3.18. The van der Waals surface area contributed by atoms with Gasteiger partial charge in [-0.3, -0.25) is 4.79 Å². The van der Waals surface area contributed by atoms with Crippen molar-refractivity contribution in [2.24, 2.45) is 0 Å². The summed E-state index contributed by atoms with van der Waals surface area (Å²) in [6.07, 6.45) is 0.434. The van der Waals surface area contributed by atoms with E-state index in [0.29, 0.717) is 13.0 Å². The molecule has 21 heavy (non-hydrogen) atoms. The van der Waals surface area contributed by atoms with Gasteiger partial charge in [0.2, 0.25) is 5.91 Å². The Bertz CT molecular complexity index is 623. The van der Waals surface area contributed by atoms with Gasteiger partial charge in [0.15, 0.2) is 0 Å². The van der Waals surface area contributed by atoms with E-state index in [1.165, 1.54) is 5.56 Å². The first-order valence-corrected chi connectivity index (χ1v) is 7.70. The topological polar surface area (TPSA) is 41.1 Å². The summed E-state index contributed by atoms with van der Waals surface area (Å²) in [6, 6.07) is 13.9. The van der Waals surface area contributed by atoms with E-state index >= 15 is 0 Å². The molecule has 2 rings (SSSR count). The van der Waals surface area contributed by atoms with Gasteiger partial charge in [0.1, 0.15) is 0 Å². The summed E-state index contributed by atoms with van der Waals surface area (Å²) in [5, 5.41) is 6.18. The Morgan fingerprint density at radius 1 is 1.10 bits per heavy atom. The van der Waals surface area contributed by atoms with E-state index < -0.39 is 0 Å². The van der Waals surface area contributed by atoms with E-state index in [9.17, 15) is 4.79 Å². The molecule has 4 heteroatoms. The molecular weight excluding hydrogens is 328 g/mol. The summed E-state index contributed by atoms with van der Waals surface area (Å²) < 4.78 is 1.04. The van der Waals surface area contributed by atoms with Crippen LogP contribution in [-0.4, -0.2) is 12.5 Å². The largest absolute Gasteiger partial charge is 0.385 e. The molecule has 1 amide bonds. The molecule has 0 unspecified atom stereocenters. The molecule has 0 saturated carbocycles. The van der Waals surface area contributed by atoms with E-state index in [-0.39, 0.29) is 5.91 Å². The van der Waals surface area contributed by atoms with Gasteiger partial charge in [-0.05, 0) is 49.7 Å². The second kappa shape index (κ2) is 7.27. The van der Waals surface area contributed by atoms with Gasteiger partial charge in [0, 0.05) is 28.8 Å². The Balaban J connectivity index is 1.81. The first-order chi connectivity index (χ1) is 10.0. The molecule has 0 bridgehead atoms. The second-order valence-electron chi connectivity index (χ2n) is 5.05. The molecule has 110 valence electrons.